The first kappa shape index (κ1) is 12.8. The molecule has 0 N–H and O–H groups in total. The van der Waals surface area contributed by atoms with Gasteiger partial charge in [0.05, 0.1) is 0 Å². The van der Waals surface area contributed by atoms with E-state index in [0.717, 1.165) is 5.56 Å². The molecule has 0 saturated heterocycles. The lowest BCUT2D eigenvalue weighted by molar-refractivity contribution is -0.0850. The third-order valence-corrected chi connectivity index (χ3v) is 2.43. The maximum Gasteiger partial charge on any atom is 0.427 e. The van der Waals surface area contributed by atoms with Gasteiger partial charge in [-0.1, -0.05) is 54.1 Å². The van der Waals surface area contributed by atoms with Crippen molar-refractivity contribution in [2.45, 2.75) is 13.1 Å². The van der Waals surface area contributed by atoms with Gasteiger partial charge in [0.2, 0.25) is 0 Å². The normalized spacial score (nSPS) is 14.1. The molecule has 86 valence electrons. The van der Waals surface area contributed by atoms with E-state index in [4.69, 9.17) is 11.6 Å². The van der Waals surface area contributed by atoms with E-state index in [1.807, 2.05) is 18.2 Å². The number of rotatable bonds is 2. The van der Waals surface area contributed by atoms with Gasteiger partial charge in [-0.15, -0.1) is 0 Å². The van der Waals surface area contributed by atoms with Crippen molar-refractivity contribution in [3.63, 3.8) is 0 Å². The lowest BCUT2D eigenvalue weighted by Crippen LogP contribution is -2.08. The molecule has 0 fully saturated rings. The van der Waals surface area contributed by atoms with Crippen molar-refractivity contribution in [2.24, 2.45) is 0 Å². The molecule has 0 spiro atoms. The molecule has 0 radical (unpaired) electrons. The fraction of sp³-hybridized carbons (Fsp3) is 0.167. The number of halogens is 4. The van der Waals surface area contributed by atoms with Crippen molar-refractivity contribution in [1.29, 1.82) is 0 Å². The third kappa shape index (κ3) is 3.74. The molecule has 1 rings (SSSR count). The molecule has 0 atom stereocenters. The highest BCUT2D eigenvalue weighted by molar-refractivity contribution is 6.30. The number of alkyl halides is 3. The van der Waals surface area contributed by atoms with Gasteiger partial charge in [-0.25, -0.2) is 0 Å². The maximum atomic E-state index is 12.2. The molecule has 0 nitrogen and oxygen atoms in total. The number of benzene rings is 1. The largest absolute Gasteiger partial charge is 0.427 e. The van der Waals surface area contributed by atoms with Gasteiger partial charge in [-0.3, -0.25) is 0 Å². The van der Waals surface area contributed by atoms with Crippen LogP contribution in [0.1, 0.15) is 12.5 Å². The van der Waals surface area contributed by atoms with Crippen LogP contribution in [0.25, 0.3) is 6.08 Å². The van der Waals surface area contributed by atoms with Gasteiger partial charge in [0.25, 0.3) is 0 Å². The molecular formula is C12H10ClF3. The smallest absolute Gasteiger partial charge is 0.165 e. The quantitative estimate of drug-likeness (QED) is 0.659. The maximum absolute atomic E-state index is 12.2. The topological polar surface area (TPSA) is 0 Å². The van der Waals surface area contributed by atoms with Crippen molar-refractivity contribution < 1.29 is 13.2 Å². The first-order chi connectivity index (χ1) is 7.41. The van der Waals surface area contributed by atoms with Gasteiger partial charge >= 0.3 is 6.18 Å². The van der Waals surface area contributed by atoms with E-state index in [9.17, 15) is 13.2 Å². The van der Waals surface area contributed by atoms with E-state index in [1.54, 1.807) is 18.2 Å². The summed E-state index contributed by atoms with van der Waals surface area (Å²) in [4.78, 5) is 0. The summed E-state index contributed by atoms with van der Waals surface area (Å²) in [5.74, 6) is 0. The molecule has 0 unspecified atom stereocenters. The minimum absolute atomic E-state index is 0.00183. The Kier molecular flexibility index (Phi) is 4.19. The fourth-order valence-corrected chi connectivity index (χ4v) is 1.15. The predicted octanol–water partition coefficient (Wildman–Crippen LogP) is 4.77. The van der Waals surface area contributed by atoms with Gasteiger partial charge in [0.1, 0.15) is 5.03 Å². The predicted molar refractivity (Wildman–Crippen MR) is 60.1 cm³/mol. The molecule has 0 aliphatic carbocycles. The second-order valence-corrected chi connectivity index (χ2v) is 3.62. The van der Waals surface area contributed by atoms with E-state index in [1.165, 1.54) is 13.0 Å². The summed E-state index contributed by atoms with van der Waals surface area (Å²) in [6, 6.07) is 9.05. The van der Waals surface area contributed by atoms with E-state index >= 15 is 0 Å². The summed E-state index contributed by atoms with van der Waals surface area (Å²) in [7, 11) is 0. The highest BCUT2D eigenvalue weighted by Gasteiger charge is 2.33. The summed E-state index contributed by atoms with van der Waals surface area (Å²) >= 11 is 5.18. The van der Waals surface area contributed by atoms with E-state index in [-0.39, 0.29) is 5.57 Å². The van der Waals surface area contributed by atoms with Gasteiger partial charge in [0, 0.05) is 0 Å². The number of hydrogen-bond donors (Lipinski definition) is 0. The monoisotopic (exact) mass is 246 g/mol. The standard InChI is InChI=1S/C12H10ClF3/c1-9(11(13)12(14,15)16)7-8-10-5-3-2-4-6-10/h2-8H,1H3/b8-7+,11-9+. The summed E-state index contributed by atoms with van der Waals surface area (Å²) in [6.45, 7) is 1.33. The van der Waals surface area contributed by atoms with Gasteiger partial charge < -0.3 is 0 Å². The molecule has 0 heterocycles. The fourth-order valence-electron chi connectivity index (χ4n) is 1.08. The lowest BCUT2D eigenvalue weighted by atomic mass is 10.1. The summed E-state index contributed by atoms with van der Waals surface area (Å²) in [5, 5.41) is -1.08. The van der Waals surface area contributed by atoms with Crippen LogP contribution in [-0.4, -0.2) is 6.18 Å². The van der Waals surface area contributed by atoms with Crippen molar-refractivity contribution in [1.82, 2.24) is 0 Å². The van der Waals surface area contributed by atoms with Crippen molar-refractivity contribution >= 4 is 17.7 Å². The molecule has 1 aromatic carbocycles. The molecule has 4 heteroatoms. The van der Waals surface area contributed by atoms with E-state index < -0.39 is 11.2 Å². The Morgan fingerprint density at radius 1 is 1.19 bits per heavy atom. The average molecular weight is 247 g/mol. The minimum atomic E-state index is -4.48. The van der Waals surface area contributed by atoms with Crippen molar-refractivity contribution in [2.75, 3.05) is 0 Å². The third-order valence-electron chi connectivity index (χ3n) is 1.92. The molecular weight excluding hydrogens is 237 g/mol. The average Bonchev–Trinajstić information content (AvgIpc) is 2.25. The van der Waals surface area contributed by atoms with Crippen LogP contribution >= 0.6 is 11.6 Å². The lowest BCUT2D eigenvalue weighted by Gasteiger charge is -2.06. The molecule has 0 bridgehead atoms. The number of hydrogen-bond acceptors (Lipinski definition) is 0. The Balaban J connectivity index is 2.87. The first-order valence-electron chi connectivity index (χ1n) is 4.58. The van der Waals surface area contributed by atoms with Crippen LogP contribution < -0.4 is 0 Å². The van der Waals surface area contributed by atoms with Crippen LogP contribution in [0.5, 0.6) is 0 Å². The second-order valence-electron chi connectivity index (χ2n) is 3.24. The Bertz CT molecular complexity index is 402. The van der Waals surface area contributed by atoms with Gasteiger partial charge in [-0.2, -0.15) is 13.2 Å². The SMILES string of the molecule is CC(/C=C/c1ccccc1)=C(\Cl)C(F)(F)F. The van der Waals surface area contributed by atoms with Crippen LogP contribution in [0.4, 0.5) is 13.2 Å². The van der Waals surface area contributed by atoms with E-state index in [0.29, 0.717) is 0 Å². The number of allylic oxidation sites excluding steroid dienone is 3. The zero-order valence-corrected chi connectivity index (χ0v) is 9.31. The van der Waals surface area contributed by atoms with Crippen molar-refractivity contribution in [3.8, 4) is 0 Å². The molecule has 0 aromatic heterocycles. The Morgan fingerprint density at radius 2 is 1.75 bits per heavy atom. The van der Waals surface area contributed by atoms with Gasteiger partial charge in [0.15, 0.2) is 0 Å². The van der Waals surface area contributed by atoms with Crippen LogP contribution in [0.2, 0.25) is 0 Å². The molecule has 0 amide bonds. The van der Waals surface area contributed by atoms with Crippen molar-refractivity contribution in [3.05, 3.63) is 52.6 Å². The molecule has 0 saturated carbocycles. The first-order valence-corrected chi connectivity index (χ1v) is 4.96. The second kappa shape index (κ2) is 5.21. The summed E-state index contributed by atoms with van der Waals surface area (Å²) in [5.41, 5.74) is 0.825. The van der Waals surface area contributed by atoms with E-state index in [2.05, 4.69) is 0 Å². The van der Waals surface area contributed by atoms with Crippen LogP contribution in [-0.2, 0) is 0 Å². The summed E-state index contributed by atoms with van der Waals surface area (Å²) < 4.78 is 36.6. The molecule has 0 aliphatic rings. The van der Waals surface area contributed by atoms with Crippen LogP contribution in [0, 0.1) is 0 Å². The summed E-state index contributed by atoms with van der Waals surface area (Å²) in [6.07, 6.45) is -1.54. The molecule has 0 aliphatic heterocycles. The highest BCUT2D eigenvalue weighted by Crippen LogP contribution is 2.31. The Morgan fingerprint density at radius 3 is 2.25 bits per heavy atom. The van der Waals surface area contributed by atoms with Crippen LogP contribution in [0.3, 0.4) is 0 Å². The minimum Gasteiger partial charge on any atom is -0.165 e. The van der Waals surface area contributed by atoms with Crippen LogP contribution in [0.15, 0.2) is 47.0 Å². The zero-order valence-electron chi connectivity index (χ0n) is 8.55. The Hall–Kier alpha value is -1.22. The molecule has 1 aromatic rings. The van der Waals surface area contributed by atoms with Gasteiger partial charge in [-0.05, 0) is 18.1 Å². The zero-order chi connectivity index (χ0) is 12.2. The molecule has 16 heavy (non-hydrogen) atoms. The highest BCUT2D eigenvalue weighted by atomic mass is 35.5. The Labute approximate surface area is 97.0 Å².